The van der Waals surface area contributed by atoms with Crippen LogP contribution >= 0.6 is 0 Å². The summed E-state index contributed by atoms with van der Waals surface area (Å²) in [6, 6.07) is 0. The molecule has 0 aromatic carbocycles. The Kier molecular flexibility index (Phi) is 9.99. The van der Waals surface area contributed by atoms with Gasteiger partial charge in [0.15, 0.2) is 0 Å². The van der Waals surface area contributed by atoms with E-state index in [1.807, 2.05) is 0 Å². The average molecular weight is 232 g/mol. The molecule has 0 aliphatic heterocycles. The molecule has 98 valence electrons. The average Bonchev–Trinajstić information content (AvgIpc) is 2.26. The number of hydrogen-bond acceptors (Lipinski definition) is 3. The van der Waals surface area contributed by atoms with Crippen LogP contribution in [-0.2, 0) is 9.93 Å². The van der Waals surface area contributed by atoms with Crippen LogP contribution < -0.4 is 0 Å². The monoisotopic (exact) mass is 232 g/mol. The Morgan fingerprint density at radius 2 is 1.44 bits per heavy atom. The molecule has 0 aliphatic rings. The number of hydrogen-bond donors (Lipinski definition) is 1. The molecule has 0 saturated carbocycles. The van der Waals surface area contributed by atoms with Gasteiger partial charge in [0.2, 0.25) is 0 Å². The van der Waals surface area contributed by atoms with Crippen molar-refractivity contribution in [2.75, 3.05) is 0 Å². The lowest BCUT2D eigenvalue weighted by atomic mass is 9.87. The smallest absolute Gasteiger partial charge is 0.107 e. The van der Waals surface area contributed by atoms with Crippen molar-refractivity contribution in [1.82, 2.24) is 0 Å². The Morgan fingerprint density at radius 3 is 1.88 bits per heavy atom. The van der Waals surface area contributed by atoms with Crippen molar-refractivity contribution in [3.05, 3.63) is 0 Å². The first-order valence-corrected chi connectivity index (χ1v) is 6.74. The summed E-state index contributed by atoms with van der Waals surface area (Å²) < 4.78 is 0. The van der Waals surface area contributed by atoms with Crippen LogP contribution in [0.2, 0.25) is 0 Å². The maximum Gasteiger partial charge on any atom is 0.107 e. The van der Waals surface area contributed by atoms with Gasteiger partial charge in [0.05, 0.1) is 0 Å². The molecule has 0 spiro atoms. The third-order valence-corrected chi connectivity index (χ3v) is 3.11. The zero-order valence-corrected chi connectivity index (χ0v) is 11.1. The highest BCUT2D eigenvalue weighted by Gasteiger charge is 2.30. The van der Waals surface area contributed by atoms with Gasteiger partial charge in [-0.3, -0.25) is 0 Å². The van der Waals surface area contributed by atoms with E-state index < -0.39 is 0 Å². The quantitative estimate of drug-likeness (QED) is 0.318. The number of unbranched alkanes of at least 4 members (excludes halogenated alkanes) is 3. The third kappa shape index (κ3) is 6.46. The van der Waals surface area contributed by atoms with Gasteiger partial charge in [0.1, 0.15) is 5.60 Å². The van der Waals surface area contributed by atoms with Crippen molar-refractivity contribution >= 4 is 0 Å². The lowest BCUT2D eigenvalue weighted by Gasteiger charge is -2.30. The summed E-state index contributed by atoms with van der Waals surface area (Å²) in [7, 11) is 0. The SMILES string of the molecule is CCCCCCC(CCC)(CCC)OOO. The molecule has 0 unspecified atom stereocenters. The highest BCUT2D eigenvalue weighted by molar-refractivity contribution is 4.78. The molecule has 0 atom stereocenters. The van der Waals surface area contributed by atoms with E-state index in [-0.39, 0.29) is 5.60 Å². The van der Waals surface area contributed by atoms with Crippen molar-refractivity contribution in [1.29, 1.82) is 0 Å². The standard InChI is InChI=1S/C13H28O3/c1-4-7-8-9-12-13(10-5-2,11-6-3)15-16-14/h14H,4-12H2,1-3H3. The van der Waals surface area contributed by atoms with E-state index in [1.165, 1.54) is 19.3 Å². The molecule has 0 amide bonds. The van der Waals surface area contributed by atoms with Gasteiger partial charge < -0.3 is 0 Å². The lowest BCUT2D eigenvalue weighted by Crippen LogP contribution is -2.32. The fourth-order valence-corrected chi connectivity index (χ4v) is 2.36. The topological polar surface area (TPSA) is 38.7 Å². The normalized spacial score (nSPS) is 12.0. The van der Waals surface area contributed by atoms with Crippen molar-refractivity contribution in [2.45, 2.75) is 84.2 Å². The maximum absolute atomic E-state index is 8.54. The minimum Gasteiger partial charge on any atom is -0.221 e. The van der Waals surface area contributed by atoms with E-state index in [2.05, 4.69) is 25.8 Å². The molecule has 16 heavy (non-hydrogen) atoms. The van der Waals surface area contributed by atoms with Crippen LogP contribution in [0.15, 0.2) is 0 Å². The summed E-state index contributed by atoms with van der Waals surface area (Å²) in [4.78, 5) is 5.15. The van der Waals surface area contributed by atoms with E-state index in [0.717, 1.165) is 38.5 Å². The Hall–Kier alpha value is -0.120. The van der Waals surface area contributed by atoms with E-state index in [4.69, 9.17) is 10.1 Å². The predicted octanol–water partition coefficient (Wildman–Crippen LogP) is 4.72. The van der Waals surface area contributed by atoms with Crippen molar-refractivity contribution in [3.8, 4) is 0 Å². The van der Waals surface area contributed by atoms with Gasteiger partial charge in [-0.2, -0.15) is 4.89 Å². The zero-order valence-electron chi connectivity index (χ0n) is 11.1. The van der Waals surface area contributed by atoms with Gasteiger partial charge in [-0.1, -0.05) is 64.3 Å². The molecule has 0 aliphatic carbocycles. The molecule has 0 rings (SSSR count). The molecule has 0 bridgehead atoms. The summed E-state index contributed by atoms with van der Waals surface area (Å²) in [6.07, 6.45) is 9.89. The molecule has 3 heteroatoms. The van der Waals surface area contributed by atoms with E-state index >= 15 is 0 Å². The largest absolute Gasteiger partial charge is 0.221 e. The van der Waals surface area contributed by atoms with E-state index in [1.54, 1.807) is 0 Å². The second-order valence-electron chi connectivity index (χ2n) is 4.65. The lowest BCUT2D eigenvalue weighted by molar-refractivity contribution is -0.528. The molecule has 0 radical (unpaired) electrons. The summed E-state index contributed by atoms with van der Waals surface area (Å²) in [5.41, 5.74) is -0.272. The highest BCUT2D eigenvalue weighted by Crippen LogP contribution is 2.30. The van der Waals surface area contributed by atoms with Crippen LogP contribution in [-0.4, -0.2) is 10.9 Å². The Bertz CT molecular complexity index is 131. The predicted molar refractivity (Wildman–Crippen MR) is 66.1 cm³/mol. The minimum absolute atomic E-state index is 0.272. The molecule has 0 aromatic rings. The van der Waals surface area contributed by atoms with Crippen molar-refractivity contribution in [2.24, 2.45) is 0 Å². The Morgan fingerprint density at radius 1 is 0.812 bits per heavy atom. The molecule has 3 nitrogen and oxygen atoms in total. The summed E-state index contributed by atoms with van der Waals surface area (Å²) in [5, 5.41) is 12.5. The Balaban J connectivity index is 4.12. The summed E-state index contributed by atoms with van der Waals surface area (Å²) in [5.74, 6) is 0. The fourth-order valence-electron chi connectivity index (χ4n) is 2.36. The molecule has 0 fully saturated rings. The van der Waals surface area contributed by atoms with Crippen molar-refractivity contribution in [3.63, 3.8) is 0 Å². The molecule has 0 saturated heterocycles. The van der Waals surface area contributed by atoms with Gasteiger partial charge in [0, 0.05) is 0 Å². The minimum atomic E-state index is -0.272. The first kappa shape index (κ1) is 15.9. The van der Waals surface area contributed by atoms with Gasteiger partial charge in [-0.15, -0.1) is 0 Å². The summed E-state index contributed by atoms with van der Waals surface area (Å²) in [6.45, 7) is 6.48. The first-order chi connectivity index (χ1) is 7.74. The Labute approximate surface area is 100.0 Å². The molecular formula is C13H28O3. The van der Waals surface area contributed by atoms with Crippen LogP contribution in [0.5, 0.6) is 0 Å². The van der Waals surface area contributed by atoms with Crippen LogP contribution in [0.3, 0.4) is 0 Å². The molecule has 0 heterocycles. The van der Waals surface area contributed by atoms with E-state index in [9.17, 15) is 0 Å². The fraction of sp³-hybridized carbons (Fsp3) is 1.00. The van der Waals surface area contributed by atoms with Gasteiger partial charge in [-0.25, -0.2) is 5.26 Å². The number of rotatable bonds is 11. The third-order valence-electron chi connectivity index (χ3n) is 3.11. The molecular weight excluding hydrogens is 204 g/mol. The van der Waals surface area contributed by atoms with Crippen LogP contribution in [0.1, 0.15) is 78.6 Å². The van der Waals surface area contributed by atoms with E-state index in [0.29, 0.717) is 0 Å². The van der Waals surface area contributed by atoms with Crippen molar-refractivity contribution < 1.29 is 15.2 Å². The first-order valence-electron chi connectivity index (χ1n) is 6.74. The molecule has 0 aromatic heterocycles. The highest BCUT2D eigenvalue weighted by atomic mass is 17.5. The molecule has 1 N–H and O–H groups in total. The zero-order chi connectivity index (χ0) is 12.3. The van der Waals surface area contributed by atoms with Crippen LogP contribution in [0, 0.1) is 0 Å². The second-order valence-corrected chi connectivity index (χ2v) is 4.65. The van der Waals surface area contributed by atoms with Gasteiger partial charge in [-0.05, 0) is 19.3 Å². The van der Waals surface area contributed by atoms with Crippen LogP contribution in [0.25, 0.3) is 0 Å². The summed E-state index contributed by atoms with van der Waals surface area (Å²) >= 11 is 0. The van der Waals surface area contributed by atoms with Gasteiger partial charge >= 0.3 is 0 Å². The second kappa shape index (κ2) is 10.1. The van der Waals surface area contributed by atoms with Crippen LogP contribution in [0.4, 0.5) is 0 Å². The van der Waals surface area contributed by atoms with Gasteiger partial charge in [0.25, 0.3) is 0 Å². The maximum atomic E-state index is 8.54.